The average Bonchev–Trinajstić information content (AvgIpc) is 2.42. The van der Waals surface area contributed by atoms with Gasteiger partial charge in [-0.3, -0.25) is 0 Å². The van der Waals surface area contributed by atoms with Gasteiger partial charge in [-0.2, -0.15) is 0 Å². The fraction of sp³-hybridized carbons (Fsp3) is 0.625. The second-order valence-corrected chi connectivity index (χ2v) is 5.33. The molecule has 0 aliphatic rings. The lowest BCUT2D eigenvalue weighted by molar-refractivity contribution is 0.415. The normalized spacial score (nSPS) is 12.5. The summed E-state index contributed by atoms with van der Waals surface area (Å²) in [5.74, 6) is 2.09. The lowest BCUT2D eigenvalue weighted by atomic mass is 10.0. The van der Waals surface area contributed by atoms with Crippen LogP contribution in [-0.4, -0.2) is 27.2 Å². The standard InChI is InChI=1S/C16H28N2O/c1-6-13(10-17-4)11-18-15-9-14(12(2)3)7-8-16(15)19-5/h7-9,12-13,17-18H,6,10-11H2,1-5H3. The largest absolute Gasteiger partial charge is 0.495 e. The number of anilines is 1. The van der Waals surface area contributed by atoms with Crippen molar-refractivity contribution < 1.29 is 4.74 Å². The molecule has 0 radical (unpaired) electrons. The first kappa shape index (κ1) is 15.8. The number of nitrogens with one attached hydrogen (secondary N) is 2. The van der Waals surface area contributed by atoms with Crippen LogP contribution >= 0.6 is 0 Å². The maximum atomic E-state index is 5.43. The van der Waals surface area contributed by atoms with Gasteiger partial charge in [-0.25, -0.2) is 0 Å². The molecular formula is C16H28N2O. The van der Waals surface area contributed by atoms with Gasteiger partial charge in [0.05, 0.1) is 12.8 Å². The van der Waals surface area contributed by atoms with Crippen molar-refractivity contribution in [2.75, 3.05) is 32.6 Å². The number of rotatable bonds is 8. The smallest absolute Gasteiger partial charge is 0.141 e. The van der Waals surface area contributed by atoms with Gasteiger partial charge >= 0.3 is 0 Å². The highest BCUT2D eigenvalue weighted by atomic mass is 16.5. The zero-order valence-electron chi connectivity index (χ0n) is 12.9. The Morgan fingerprint density at radius 2 is 1.95 bits per heavy atom. The van der Waals surface area contributed by atoms with E-state index in [1.165, 1.54) is 12.0 Å². The van der Waals surface area contributed by atoms with Crippen LogP contribution in [0, 0.1) is 5.92 Å². The molecule has 19 heavy (non-hydrogen) atoms. The van der Waals surface area contributed by atoms with Gasteiger partial charge in [0.25, 0.3) is 0 Å². The summed E-state index contributed by atoms with van der Waals surface area (Å²) in [7, 11) is 3.73. The van der Waals surface area contributed by atoms with E-state index in [-0.39, 0.29) is 0 Å². The Morgan fingerprint density at radius 3 is 2.47 bits per heavy atom. The minimum atomic E-state index is 0.533. The van der Waals surface area contributed by atoms with Crippen molar-refractivity contribution in [2.24, 2.45) is 5.92 Å². The number of hydrogen-bond donors (Lipinski definition) is 2. The fourth-order valence-corrected chi connectivity index (χ4v) is 2.13. The van der Waals surface area contributed by atoms with Crippen LogP contribution in [0.1, 0.15) is 38.7 Å². The predicted octanol–water partition coefficient (Wildman–Crippen LogP) is 3.48. The van der Waals surface area contributed by atoms with Crippen LogP contribution in [0.2, 0.25) is 0 Å². The van der Waals surface area contributed by atoms with Crippen LogP contribution in [-0.2, 0) is 0 Å². The first-order chi connectivity index (χ1) is 9.12. The molecule has 2 N–H and O–H groups in total. The van der Waals surface area contributed by atoms with E-state index in [0.717, 1.165) is 24.5 Å². The molecule has 1 aromatic rings. The topological polar surface area (TPSA) is 33.3 Å². The first-order valence-corrected chi connectivity index (χ1v) is 7.18. The minimum Gasteiger partial charge on any atom is -0.495 e. The van der Waals surface area contributed by atoms with Crippen molar-refractivity contribution in [3.05, 3.63) is 23.8 Å². The molecule has 0 saturated heterocycles. The third-order valence-electron chi connectivity index (χ3n) is 3.54. The van der Waals surface area contributed by atoms with Crippen LogP contribution < -0.4 is 15.4 Å². The molecule has 0 heterocycles. The Balaban J connectivity index is 2.76. The van der Waals surface area contributed by atoms with E-state index in [2.05, 4.69) is 49.6 Å². The highest BCUT2D eigenvalue weighted by molar-refractivity contribution is 5.58. The van der Waals surface area contributed by atoms with Gasteiger partial charge in [-0.15, -0.1) is 0 Å². The molecule has 0 aliphatic heterocycles. The van der Waals surface area contributed by atoms with Crippen molar-refractivity contribution in [1.82, 2.24) is 5.32 Å². The van der Waals surface area contributed by atoms with Gasteiger partial charge in [0.1, 0.15) is 5.75 Å². The number of ether oxygens (including phenoxy) is 1. The Labute approximate surface area is 117 Å². The molecule has 0 fully saturated rings. The molecule has 0 amide bonds. The number of benzene rings is 1. The number of methoxy groups -OCH3 is 1. The Kier molecular flexibility index (Phi) is 6.71. The molecule has 1 unspecified atom stereocenters. The molecule has 1 rings (SSSR count). The van der Waals surface area contributed by atoms with E-state index >= 15 is 0 Å². The molecular weight excluding hydrogens is 236 g/mol. The molecule has 1 atom stereocenters. The van der Waals surface area contributed by atoms with Crippen LogP contribution in [0.3, 0.4) is 0 Å². The molecule has 1 aromatic carbocycles. The zero-order chi connectivity index (χ0) is 14.3. The van der Waals surface area contributed by atoms with Crippen LogP contribution in [0.4, 0.5) is 5.69 Å². The fourth-order valence-electron chi connectivity index (χ4n) is 2.13. The van der Waals surface area contributed by atoms with Crippen molar-refractivity contribution in [3.63, 3.8) is 0 Å². The van der Waals surface area contributed by atoms with Crippen molar-refractivity contribution in [3.8, 4) is 5.75 Å². The maximum absolute atomic E-state index is 5.43. The number of hydrogen-bond acceptors (Lipinski definition) is 3. The summed E-state index contributed by atoms with van der Waals surface area (Å²) in [6, 6.07) is 6.39. The second-order valence-electron chi connectivity index (χ2n) is 5.33. The van der Waals surface area contributed by atoms with Crippen LogP contribution in [0.15, 0.2) is 18.2 Å². The maximum Gasteiger partial charge on any atom is 0.141 e. The summed E-state index contributed by atoms with van der Waals surface area (Å²) in [5.41, 5.74) is 2.44. The van der Waals surface area contributed by atoms with E-state index in [9.17, 15) is 0 Å². The molecule has 0 saturated carbocycles. The van der Waals surface area contributed by atoms with Crippen molar-refractivity contribution >= 4 is 5.69 Å². The van der Waals surface area contributed by atoms with Gasteiger partial charge in [-0.1, -0.05) is 33.3 Å². The lowest BCUT2D eigenvalue weighted by Crippen LogP contribution is -2.25. The first-order valence-electron chi connectivity index (χ1n) is 7.18. The Bertz CT molecular complexity index is 377. The third kappa shape index (κ3) is 4.75. The third-order valence-corrected chi connectivity index (χ3v) is 3.54. The summed E-state index contributed by atoms with van der Waals surface area (Å²) in [6.07, 6.45) is 1.17. The SMILES string of the molecule is CCC(CNC)CNc1cc(C(C)C)ccc1OC. The Morgan fingerprint density at radius 1 is 1.21 bits per heavy atom. The van der Waals surface area contributed by atoms with Crippen molar-refractivity contribution in [2.45, 2.75) is 33.1 Å². The highest BCUT2D eigenvalue weighted by Gasteiger charge is 2.09. The zero-order valence-corrected chi connectivity index (χ0v) is 12.9. The van der Waals surface area contributed by atoms with E-state index in [0.29, 0.717) is 11.8 Å². The summed E-state index contributed by atoms with van der Waals surface area (Å²) in [4.78, 5) is 0. The summed E-state index contributed by atoms with van der Waals surface area (Å²) in [6.45, 7) is 8.65. The minimum absolute atomic E-state index is 0.533. The monoisotopic (exact) mass is 264 g/mol. The second kappa shape index (κ2) is 8.05. The molecule has 0 aliphatic carbocycles. The summed E-state index contributed by atoms with van der Waals surface area (Å²) < 4.78 is 5.43. The van der Waals surface area contributed by atoms with E-state index in [4.69, 9.17) is 4.74 Å². The van der Waals surface area contributed by atoms with E-state index < -0.39 is 0 Å². The van der Waals surface area contributed by atoms with Gasteiger partial charge in [-0.05, 0) is 43.1 Å². The molecule has 3 nitrogen and oxygen atoms in total. The lowest BCUT2D eigenvalue weighted by Gasteiger charge is -2.19. The van der Waals surface area contributed by atoms with Crippen LogP contribution in [0.25, 0.3) is 0 Å². The molecule has 3 heteroatoms. The van der Waals surface area contributed by atoms with Crippen molar-refractivity contribution in [1.29, 1.82) is 0 Å². The molecule has 0 aromatic heterocycles. The van der Waals surface area contributed by atoms with E-state index in [1.807, 2.05) is 7.05 Å². The predicted molar refractivity (Wildman–Crippen MR) is 83.3 cm³/mol. The molecule has 108 valence electrons. The van der Waals surface area contributed by atoms with Gasteiger partial charge < -0.3 is 15.4 Å². The van der Waals surface area contributed by atoms with Gasteiger partial charge in [0.15, 0.2) is 0 Å². The van der Waals surface area contributed by atoms with Crippen LogP contribution in [0.5, 0.6) is 5.75 Å². The Hall–Kier alpha value is -1.22. The average molecular weight is 264 g/mol. The molecule has 0 spiro atoms. The highest BCUT2D eigenvalue weighted by Crippen LogP contribution is 2.28. The van der Waals surface area contributed by atoms with Gasteiger partial charge in [0.2, 0.25) is 0 Å². The summed E-state index contributed by atoms with van der Waals surface area (Å²) >= 11 is 0. The molecule has 0 bridgehead atoms. The van der Waals surface area contributed by atoms with E-state index in [1.54, 1.807) is 7.11 Å². The summed E-state index contributed by atoms with van der Waals surface area (Å²) in [5, 5.41) is 6.77. The quantitative estimate of drug-likeness (QED) is 0.754. The van der Waals surface area contributed by atoms with Gasteiger partial charge in [0, 0.05) is 6.54 Å².